The molecule has 0 saturated heterocycles. The average molecular weight is 184 g/mol. The second-order valence-electron chi connectivity index (χ2n) is 2.46. The maximum atomic E-state index is 12.4. The first kappa shape index (κ1) is 9.02. The van der Waals surface area contributed by atoms with Gasteiger partial charge < -0.3 is 0 Å². The molecule has 12 heavy (non-hydrogen) atoms. The fraction of sp³-hybridized carbons (Fsp3) is 0.222. The molecule has 0 aromatic heterocycles. The molecule has 3 heteroatoms. The van der Waals surface area contributed by atoms with Crippen molar-refractivity contribution in [2.45, 2.75) is 13.6 Å². The third kappa shape index (κ3) is 1.41. The van der Waals surface area contributed by atoms with Crippen LogP contribution in [0.2, 0.25) is 5.02 Å². The Kier molecular flexibility index (Phi) is 2.67. The van der Waals surface area contributed by atoms with E-state index in [1.165, 1.54) is 0 Å². The highest BCUT2D eigenvalue weighted by atomic mass is 35.5. The molecule has 0 aliphatic carbocycles. The Balaban J connectivity index is 3.41. The predicted octanol–water partition coefficient (Wildman–Crippen LogP) is 2.99. The van der Waals surface area contributed by atoms with Crippen LogP contribution in [0.1, 0.15) is 16.7 Å². The van der Waals surface area contributed by atoms with E-state index in [9.17, 15) is 4.39 Å². The Labute approximate surface area is 75.4 Å². The lowest BCUT2D eigenvalue weighted by atomic mass is 10.0. The van der Waals surface area contributed by atoms with Crippen LogP contribution in [0.4, 0.5) is 4.39 Å². The van der Waals surface area contributed by atoms with Crippen LogP contribution in [0.25, 0.3) is 0 Å². The summed E-state index contributed by atoms with van der Waals surface area (Å²) in [5.41, 5.74) is 1.40. The van der Waals surface area contributed by atoms with Gasteiger partial charge in [0.25, 0.3) is 0 Å². The van der Waals surface area contributed by atoms with Gasteiger partial charge in [0.15, 0.2) is 0 Å². The number of nitrogens with zero attached hydrogens (tertiary/aromatic N) is 1. The lowest BCUT2D eigenvalue weighted by Crippen LogP contribution is -1.91. The molecule has 0 bridgehead atoms. The lowest BCUT2D eigenvalue weighted by Gasteiger charge is -2.04. The first-order valence-corrected chi connectivity index (χ1v) is 3.82. The van der Waals surface area contributed by atoms with E-state index in [-0.39, 0.29) is 0 Å². The minimum Gasteiger partial charge on any atom is -0.246 e. The first-order valence-electron chi connectivity index (χ1n) is 3.44. The second-order valence-corrected chi connectivity index (χ2v) is 2.87. The number of hydrogen-bond acceptors (Lipinski definition) is 1. The summed E-state index contributed by atoms with van der Waals surface area (Å²) in [7, 11) is 0. The van der Waals surface area contributed by atoms with Crippen LogP contribution in [0.5, 0.6) is 0 Å². The topological polar surface area (TPSA) is 23.8 Å². The van der Waals surface area contributed by atoms with Crippen molar-refractivity contribution in [2.24, 2.45) is 0 Å². The van der Waals surface area contributed by atoms with Crippen LogP contribution in [-0.2, 0) is 6.67 Å². The summed E-state index contributed by atoms with van der Waals surface area (Å²) >= 11 is 5.69. The van der Waals surface area contributed by atoms with Gasteiger partial charge in [0.2, 0.25) is 0 Å². The molecule has 0 saturated carbocycles. The SMILES string of the molecule is Cc1ccc(Cl)c(CF)c1C#N. The zero-order valence-corrected chi connectivity index (χ0v) is 7.32. The van der Waals surface area contributed by atoms with Gasteiger partial charge in [0.05, 0.1) is 11.6 Å². The Morgan fingerprint density at radius 3 is 2.67 bits per heavy atom. The van der Waals surface area contributed by atoms with Crippen LogP contribution < -0.4 is 0 Å². The van der Waals surface area contributed by atoms with Crippen LogP contribution >= 0.6 is 11.6 Å². The van der Waals surface area contributed by atoms with Gasteiger partial charge in [-0.15, -0.1) is 0 Å². The smallest absolute Gasteiger partial charge is 0.117 e. The molecule has 0 heterocycles. The van der Waals surface area contributed by atoms with Gasteiger partial charge in [-0.25, -0.2) is 4.39 Å². The summed E-state index contributed by atoms with van der Waals surface area (Å²) in [5.74, 6) is 0. The molecule has 0 amide bonds. The van der Waals surface area contributed by atoms with E-state index in [0.29, 0.717) is 16.1 Å². The highest BCUT2D eigenvalue weighted by molar-refractivity contribution is 6.31. The zero-order chi connectivity index (χ0) is 9.14. The van der Waals surface area contributed by atoms with E-state index in [4.69, 9.17) is 16.9 Å². The molecule has 1 aromatic rings. The maximum Gasteiger partial charge on any atom is 0.117 e. The molecule has 0 unspecified atom stereocenters. The number of nitriles is 1. The molecule has 1 rings (SSSR count). The van der Waals surface area contributed by atoms with Crippen molar-refractivity contribution in [3.63, 3.8) is 0 Å². The standard InChI is InChI=1S/C9H7ClFN/c1-6-2-3-9(10)7(4-11)8(6)5-12/h2-3H,4H2,1H3. The summed E-state index contributed by atoms with van der Waals surface area (Å²) in [4.78, 5) is 0. The van der Waals surface area contributed by atoms with Gasteiger partial charge in [-0.05, 0) is 18.6 Å². The molecule has 0 aliphatic rings. The lowest BCUT2D eigenvalue weighted by molar-refractivity contribution is 0.484. The van der Waals surface area contributed by atoms with Crippen molar-refractivity contribution in [1.82, 2.24) is 0 Å². The molecular weight excluding hydrogens is 177 g/mol. The molecule has 1 aromatic carbocycles. The molecule has 0 aliphatic heterocycles. The van der Waals surface area contributed by atoms with E-state index in [0.717, 1.165) is 5.56 Å². The van der Waals surface area contributed by atoms with E-state index in [1.807, 2.05) is 6.07 Å². The number of benzene rings is 1. The van der Waals surface area contributed by atoms with Crippen molar-refractivity contribution < 1.29 is 4.39 Å². The summed E-state index contributed by atoms with van der Waals surface area (Å²) in [6, 6.07) is 5.24. The first-order chi connectivity index (χ1) is 5.70. The summed E-state index contributed by atoms with van der Waals surface area (Å²) < 4.78 is 12.4. The molecule has 0 spiro atoms. The summed E-state index contributed by atoms with van der Waals surface area (Å²) in [6.07, 6.45) is 0. The molecule has 0 fully saturated rings. The Morgan fingerprint density at radius 1 is 1.58 bits per heavy atom. The van der Waals surface area contributed by atoms with Gasteiger partial charge in [0, 0.05) is 10.6 Å². The van der Waals surface area contributed by atoms with Crippen LogP contribution in [-0.4, -0.2) is 0 Å². The molecule has 62 valence electrons. The predicted molar refractivity (Wildman–Crippen MR) is 45.7 cm³/mol. The van der Waals surface area contributed by atoms with Crippen molar-refractivity contribution in [1.29, 1.82) is 5.26 Å². The van der Waals surface area contributed by atoms with Crippen molar-refractivity contribution in [3.05, 3.63) is 33.8 Å². The van der Waals surface area contributed by atoms with E-state index >= 15 is 0 Å². The number of rotatable bonds is 1. The van der Waals surface area contributed by atoms with Gasteiger partial charge >= 0.3 is 0 Å². The third-order valence-electron chi connectivity index (χ3n) is 1.71. The van der Waals surface area contributed by atoms with E-state index < -0.39 is 6.67 Å². The minimum absolute atomic E-state index is 0.291. The Morgan fingerprint density at radius 2 is 2.25 bits per heavy atom. The highest BCUT2D eigenvalue weighted by Crippen LogP contribution is 2.23. The fourth-order valence-electron chi connectivity index (χ4n) is 1.03. The molecule has 1 nitrogen and oxygen atoms in total. The van der Waals surface area contributed by atoms with Crippen LogP contribution in [0.15, 0.2) is 12.1 Å². The minimum atomic E-state index is -0.691. The fourth-order valence-corrected chi connectivity index (χ4v) is 1.23. The molecule has 0 atom stereocenters. The van der Waals surface area contributed by atoms with Crippen LogP contribution in [0.3, 0.4) is 0 Å². The monoisotopic (exact) mass is 183 g/mol. The van der Waals surface area contributed by atoms with E-state index in [1.54, 1.807) is 19.1 Å². The number of aryl methyl sites for hydroxylation is 1. The van der Waals surface area contributed by atoms with Gasteiger partial charge in [-0.1, -0.05) is 17.7 Å². The van der Waals surface area contributed by atoms with Crippen LogP contribution in [0, 0.1) is 18.3 Å². The Bertz CT molecular complexity index is 341. The average Bonchev–Trinajstić information content (AvgIpc) is 2.08. The number of halogens is 2. The third-order valence-corrected chi connectivity index (χ3v) is 2.06. The molecule has 0 radical (unpaired) electrons. The maximum absolute atomic E-state index is 12.4. The van der Waals surface area contributed by atoms with Gasteiger partial charge in [0.1, 0.15) is 6.67 Å². The quantitative estimate of drug-likeness (QED) is 0.657. The van der Waals surface area contributed by atoms with Gasteiger partial charge in [-0.3, -0.25) is 0 Å². The van der Waals surface area contributed by atoms with E-state index in [2.05, 4.69) is 0 Å². The highest BCUT2D eigenvalue weighted by Gasteiger charge is 2.08. The van der Waals surface area contributed by atoms with Gasteiger partial charge in [-0.2, -0.15) is 5.26 Å². The summed E-state index contributed by atoms with van der Waals surface area (Å²) in [6.45, 7) is 1.07. The second kappa shape index (κ2) is 3.55. The zero-order valence-electron chi connectivity index (χ0n) is 6.56. The normalized spacial score (nSPS) is 9.50. The Hall–Kier alpha value is -1.07. The molecule has 0 N–H and O–H groups in total. The summed E-state index contributed by atoms with van der Waals surface area (Å²) in [5, 5.41) is 9.00. The van der Waals surface area contributed by atoms with Crippen molar-refractivity contribution in [3.8, 4) is 6.07 Å². The van der Waals surface area contributed by atoms with Crippen molar-refractivity contribution >= 4 is 11.6 Å². The van der Waals surface area contributed by atoms with Crippen molar-refractivity contribution in [2.75, 3.05) is 0 Å². The largest absolute Gasteiger partial charge is 0.246 e. The number of alkyl halides is 1. The number of hydrogen-bond donors (Lipinski definition) is 0. The molecular formula is C9H7ClFN.